The van der Waals surface area contributed by atoms with Crippen LogP contribution in [0.5, 0.6) is 0 Å². The Kier molecular flexibility index (Phi) is 8.15. The van der Waals surface area contributed by atoms with Gasteiger partial charge in [0.05, 0.1) is 23.9 Å². The first kappa shape index (κ1) is 22.4. The summed E-state index contributed by atoms with van der Waals surface area (Å²) in [4.78, 5) is 47.3. The van der Waals surface area contributed by atoms with Gasteiger partial charge in [-0.25, -0.2) is 0 Å². The van der Waals surface area contributed by atoms with Crippen molar-refractivity contribution in [2.75, 3.05) is 24.2 Å². The van der Waals surface area contributed by atoms with Crippen LogP contribution in [-0.4, -0.2) is 41.5 Å². The molecule has 1 aromatic carbocycles. The van der Waals surface area contributed by atoms with Crippen LogP contribution in [0.3, 0.4) is 0 Å². The van der Waals surface area contributed by atoms with E-state index in [1.54, 1.807) is 31.2 Å². The van der Waals surface area contributed by atoms with Gasteiger partial charge >= 0.3 is 5.97 Å². The molecular weight excluding hydrogens is 398 g/mol. The number of benzene rings is 1. The van der Waals surface area contributed by atoms with Gasteiger partial charge in [-0.1, -0.05) is 19.1 Å². The Morgan fingerprint density at radius 2 is 2.14 bits per heavy atom. The quantitative estimate of drug-likeness (QED) is 0.278. The molecule has 1 fully saturated rings. The molecule has 154 valence electrons. The number of thioether (sulfide) groups is 1. The van der Waals surface area contributed by atoms with Gasteiger partial charge in [-0.15, -0.1) is 11.8 Å². The smallest absolute Gasteiger partial charge is 0.307 e. The molecule has 1 aliphatic carbocycles. The Bertz CT molecular complexity index is 837. The second-order valence-corrected chi connectivity index (χ2v) is 7.81. The Hall–Kier alpha value is -2.93. The van der Waals surface area contributed by atoms with Gasteiger partial charge in [0, 0.05) is 28.1 Å². The number of ketones is 1. The van der Waals surface area contributed by atoms with Crippen LogP contribution in [0.2, 0.25) is 0 Å². The highest BCUT2D eigenvalue weighted by Gasteiger charge is 2.44. The van der Waals surface area contributed by atoms with Crippen LogP contribution in [0.4, 0.5) is 5.69 Å². The van der Waals surface area contributed by atoms with E-state index in [-0.39, 0.29) is 36.8 Å². The van der Waals surface area contributed by atoms with Crippen LogP contribution in [-0.2, 0) is 19.1 Å². The number of ether oxygens (including phenoxy) is 1. The summed E-state index contributed by atoms with van der Waals surface area (Å²) >= 11 is 1.26. The lowest BCUT2D eigenvalue weighted by atomic mass is 9.88. The number of amides is 1. The van der Waals surface area contributed by atoms with Gasteiger partial charge in [0.2, 0.25) is 6.54 Å². The average Bonchev–Trinajstić information content (AvgIpc) is 2.92. The molecule has 1 amide bonds. The summed E-state index contributed by atoms with van der Waals surface area (Å²) in [5.41, 5.74) is 0.500. The second kappa shape index (κ2) is 10.6. The SMILES string of the molecule is C[C@H]1CC(=O)[C@@H](CC(=O)OCC(=O)Nc2ccccc2SCC#N)[C@@H]1C[N+](=O)[O-]. The van der Waals surface area contributed by atoms with Crippen LogP contribution in [0.15, 0.2) is 29.2 Å². The van der Waals surface area contributed by atoms with Crippen molar-refractivity contribution in [2.45, 2.75) is 24.7 Å². The number of Topliss-reactive ketones (excluding diaryl/α,β-unsaturated/α-hetero) is 1. The van der Waals surface area contributed by atoms with Crippen molar-refractivity contribution >= 4 is 35.1 Å². The number of carbonyl (C=O) groups is 3. The van der Waals surface area contributed by atoms with E-state index in [9.17, 15) is 24.5 Å². The molecule has 1 aliphatic rings. The molecule has 10 heteroatoms. The van der Waals surface area contributed by atoms with E-state index in [0.29, 0.717) is 10.6 Å². The first-order chi connectivity index (χ1) is 13.8. The second-order valence-electron chi connectivity index (χ2n) is 6.79. The summed E-state index contributed by atoms with van der Waals surface area (Å²) in [6.07, 6.45) is -0.0718. The van der Waals surface area contributed by atoms with Gasteiger partial charge in [0.25, 0.3) is 5.91 Å². The fourth-order valence-electron chi connectivity index (χ4n) is 3.38. The van der Waals surface area contributed by atoms with E-state index in [2.05, 4.69) is 5.32 Å². The predicted molar refractivity (Wildman–Crippen MR) is 105 cm³/mol. The van der Waals surface area contributed by atoms with Gasteiger partial charge < -0.3 is 10.1 Å². The molecule has 0 bridgehead atoms. The maximum absolute atomic E-state index is 12.1. The summed E-state index contributed by atoms with van der Waals surface area (Å²) in [7, 11) is 0. The molecule has 29 heavy (non-hydrogen) atoms. The summed E-state index contributed by atoms with van der Waals surface area (Å²) < 4.78 is 4.96. The van der Waals surface area contributed by atoms with E-state index in [1.165, 1.54) is 11.8 Å². The van der Waals surface area contributed by atoms with Crippen molar-refractivity contribution < 1.29 is 24.0 Å². The van der Waals surface area contributed by atoms with Gasteiger partial charge in [0.1, 0.15) is 5.78 Å². The largest absolute Gasteiger partial charge is 0.456 e. The fourth-order valence-corrected chi connectivity index (χ4v) is 4.05. The van der Waals surface area contributed by atoms with E-state index in [0.717, 1.165) is 0 Å². The van der Waals surface area contributed by atoms with Crippen LogP contribution < -0.4 is 5.32 Å². The lowest BCUT2D eigenvalue weighted by Crippen LogP contribution is -2.28. The third-order valence-electron chi connectivity index (χ3n) is 4.75. The van der Waals surface area contributed by atoms with E-state index >= 15 is 0 Å². The van der Waals surface area contributed by atoms with Crippen molar-refractivity contribution in [1.29, 1.82) is 5.26 Å². The highest BCUT2D eigenvalue weighted by atomic mass is 32.2. The molecule has 1 saturated carbocycles. The van der Waals surface area contributed by atoms with E-state index in [4.69, 9.17) is 10.00 Å². The third kappa shape index (κ3) is 6.57. The zero-order valence-corrected chi connectivity index (χ0v) is 16.6. The number of esters is 1. The Labute approximate surface area is 171 Å². The zero-order chi connectivity index (χ0) is 21.4. The maximum atomic E-state index is 12.1. The number of nitrogens with zero attached hydrogens (tertiary/aromatic N) is 2. The molecule has 0 aliphatic heterocycles. The van der Waals surface area contributed by atoms with Crippen molar-refractivity contribution in [2.24, 2.45) is 17.8 Å². The summed E-state index contributed by atoms with van der Waals surface area (Å²) in [5, 5.41) is 22.1. The number of rotatable bonds is 9. The summed E-state index contributed by atoms with van der Waals surface area (Å²) in [6, 6.07) is 8.92. The van der Waals surface area contributed by atoms with Crippen LogP contribution in [0, 0.1) is 39.2 Å². The molecule has 0 spiro atoms. The number of hydrogen-bond donors (Lipinski definition) is 1. The van der Waals surface area contributed by atoms with Crippen molar-refractivity contribution in [3.8, 4) is 6.07 Å². The number of nitrogens with one attached hydrogen (secondary N) is 1. The number of anilines is 1. The molecular formula is C19H21N3O6S. The minimum atomic E-state index is -0.755. The zero-order valence-electron chi connectivity index (χ0n) is 15.8. The van der Waals surface area contributed by atoms with Gasteiger partial charge in [-0.2, -0.15) is 5.26 Å². The number of nitro groups is 1. The number of para-hydroxylation sites is 1. The molecule has 1 aromatic rings. The summed E-state index contributed by atoms with van der Waals surface area (Å²) in [6.45, 7) is 0.849. The molecule has 0 unspecified atom stereocenters. The average molecular weight is 419 g/mol. The van der Waals surface area contributed by atoms with Crippen molar-refractivity contribution in [3.63, 3.8) is 0 Å². The number of hydrogen-bond acceptors (Lipinski definition) is 8. The highest BCUT2D eigenvalue weighted by molar-refractivity contribution is 7.99. The predicted octanol–water partition coefficient (Wildman–Crippen LogP) is 2.29. The fraction of sp³-hybridized carbons (Fsp3) is 0.474. The van der Waals surface area contributed by atoms with Gasteiger partial charge in [-0.3, -0.25) is 24.5 Å². The van der Waals surface area contributed by atoms with Crippen LogP contribution >= 0.6 is 11.8 Å². The molecule has 2 rings (SSSR count). The standard InChI is InChI=1S/C19H21N3O6S/c1-12-8-16(23)13(14(12)10-22(26)27)9-19(25)28-11-18(24)21-15-4-2-3-5-17(15)29-7-6-20/h2-5,12-14H,7-11H2,1H3,(H,21,24)/t12-,13-,14+/m0/s1. The molecule has 3 atom stereocenters. The lowest BCUT2D eigenvalue weighted by Gasteiger charge is -2.17. The summed E-state index contributed by atoms with van der Waals surface area (Å²) in [5.74, 6) is -2.70. The molecule has 0 aromatic heterocycles. The van der Waals surface area contributed by atoms with Gasteiger partial charge in [-0.05, 0) is 18.1 Å². The maximum Gasteiger partial charge on any atom is 0.307 e. The Balaban J connectivity index is 1.87. The topological polar surface area (TPSA) is 139 Å². The molecule has 0 radical (unpaired) electrons. The first-order valence-corrected chi connectivity index (χ1v) is 9.99. The normalized spacial score (nSPS) is 20.7. The van der Waals surface area contributed by atoms with Gasteiger partial charge in [0.15, 0.2) is 6.61 Å². The van der Waals surface area contributed by atoms with Crippen LogP contribution in [0.25, 0.3) is 0 Å². The minimum absolute atomic E-state index is 0.170. The monoisotopic (exact) mass is 419 g/mol. The first-order valence-electron chi connectivity index (χ1n) is 9.00. The molecule has 0 saturated heterocycles. The number of nitriles is 1. The molecule has 9 nitrogen and oxygen atoms in total. The van der Waals surface area contributed by atoms with E-state index < -0.39 is 35.2 Å². The Morgan fingerprint density at radius 1 is 1.41 bits per heavy atom. The number of carbonyl (C=O) groups excluding carboxylic acids is 3. The van der Waals surface area contributed by atoms with Crippen molar-refractivity contribution in [3.05, 3.63) is 34.4 Å². The molecule has 1 N–H and O–H groups in total. The van der Waals surface area contributed by atoms with Crippen molar-refractivity contribution in [1.82, 2.24) is 0 Å². The lowest BCUT2D eigenvalue weighted by molar-refractivity contribution is -0.490. The van der Waals surface area contributed by atoms with Crippen LogP contribution in [0.1, 0.15) is 19.8 Å². The highest BCUT2D eigenvalue weighted by Crippen LogP contribution is 2.36. The third-order valence-corrected chi connectivity index (χ3v) is 5.69. The molecule has 0 heterocycles. The Morgan fingerprint density at radius 3 is 2.83 bits per heavy atom. The minimum Gasteiger partial charge on any atom is -0.456 e. The van der Waals surface area contributed by atoms with E-state index in [1.807, 2.05) is 6.07 Å².